The molecule has 0 saturated carbocycles. The average Bonchev–Trinajstić information content (AvgIpc) is 2.73. The fourth-order valence-corrected chi connectivity index (χ4v) is 3.38. The largest absolute Gasteiger partial charge is 0.493 e. The molecule has 1 amide bonds. The topological polar surface area (TPSA) is 47.6 Å². The monoisotopic (exact) mass is 391 g/mol. The summed E-state index contributed by atoms with van der Waals surface area (Å²) >= 11 is 0. The summed E-state index contributed by atoms with van der Waals surface area (Å²) in [6.45, 7) is 5.99. The van der Waals surface area contributed by atoms with Crippen molar-refractivity contribution < 1.29 is 14.3 Å². The minimum Gasteiger partial charge on any atom is -0.493 e. The molecule has 4 heteroatoms. The van der Waals surface area contributed by atoms with Gasteiger partial charge in [0.05, 0.1) is 6.61 Å². The molecule has 0 radical (unpaired) electrons. The maximum Gasteiger partial charge on any atom is 0.217 e. The summed E-state index contributed by atoms with van der Waals surface area (Å²) in [5.74, 6) is 7.88. The fourth-order valence-electron chi connectivity index (χ4n) is 3.38. The second-order valence-electron chi connectivity index (χ2n) is 7.64. The minimum atomic E-state index is -0.00000760. The summed E-state index contributed by atoms with van der Waals surface area (Å²) in [5.41, 5.74) is 3.12. The molecule has 0 bridgehead atoms. The molecular formula is C25H29NO3. The Morgan fingerprint density at radius 1 is 1.07 bits per heavy atom. The van der Waals surface area contributed by atoms with Crippen LogP contribution in [0.15, 0.2) is 48.5 Å². The number of hydrogen-bond acceptors (Lipinski definition) is 3. The fraction of sp³-hybridized carbons (Fsp3) is 0.400. The maximum absolute atomic E-state index is 11.1. The first-order chi connectivity index (χ1) is 14.1. The molecule has 2 aromatic carbocycles. The predicted octanol–water partition coefficient (Wildman–Crippen LogP) is 3.96. The highest BCUT2D eigenvalue weighted by molar-refractivity contribution is 5.73. The van der Waals surface area contributed by atoms with Crippen molar-refractivity contribution in [3.63, 3.8) is 0 Å². The van der Waals surface area contributed by atoms with Crippen molar-refractivity contribution in [3.8, 4) is 17.6 Å². The van der Waals surface area contributed by atoms with Crippen LogP contribution in [0, 0.1) is 17.8 Å². The molecule has 0 aromatic heterocycles. The standard InChI is InChI=1S/C25H29NO3/c1-19(26-20(2)27)17-23-7-5-21(6-8-23)3-4-22-9-11-25(12-10-22)29-18-24-13-15-28-16-14-24/h5-12,19,24H,13-18H2,1-2H3,(H,26,27). The second-order valence-corrected chi connectivity index (χ2v) is 7.64. The first kappa shape index (κ1) is 21.0. The van der Waals surface area contributed by atoms with E-state index in [4.69, 9.17) is 9.47 Å². The Hall–Kier alpha value is -2.77. The lowest BCUT2D eigenvalue weighted by molar-refractivity contribution is -0.119. The molecule has 2 aromatic rings. The van der Waals surface area contributed by atoms with Crippen LogP contribution < -0.4 is 10.1 Å². The second kappa shape index (κ2) is 10.7. The van der Waals surface area contributed by atoms with Gasteiger partial charge in [-0.15, -0.1) is 0 Å². The molecule has 3 rings (SSSR count). The summed E-state index contributed by atoms with van der Waals surface area (Å²) in [4.78, 5) is 11.1. The molecule has 0 aliphatic carbocycles. The smallest absolute Gasteiger partial charge is 0.217 e. The molecule has 1 atom stereocenters. The van der Waals surface area contributed by atoms with Gasteiger partial charge in [0.2, 0.25) is 5.91 Å². The van der Waals surface area contributed by atoms with Gasteiger partial charge in [0.15, 0.2) is 0 Å². The Bertz CT molecular complexity index is 840. The number of rotatable bonds is 6. The van der Waals surface area contributed by atoms with E-state index in [2.05, 4.69) is 29.3 Å². The lowest BCUT2D eigenvalue weighted by Gasteiger charge is -2.22. The summed E-state index contributed by atoms with van der Waals surface area (Å²) < 4.78 is 11.3. The predicted molar refractivity (Wildman–Crippen MR) is 115 cm³/mol. The summed E-state index contributed by atoms with van der Waals surface area (Å²) in [6.07, 6.45) is 2.96. The molecule has 1 saturated heterocycles. The quantitative estimate of drug-likeness (QED) is 0.759. The Morgan fingerprint density at radius 3 is 2.24 bits per heavy atom. The van der Waals surface area contributed by atoms with Crippen LogP contribution in [0.1, 0.15) is 43.4 Å². The van der Waals surface area contributed by atoms with Gasteiger partial charge in [-0.3, -0.25) is 4.79 Å². The van der Waals surface area contributed by atoms with Crippen molar-refractivity contribution in [2.75, 3.05) is 19.8 Å². The summed E-state index contributed by atoms with van der Waals surface area (Å²) in [7, 11) is 0. The lowest BCUT2D eigenvalue weighted by atomic mass is 10.0. The summed E-state index contributed by atoms with van der Waals surface area (Å²) in [5, 5.41) is 2.90. The van der Waals surface area contributed by atoms with Gasteiger partial charge in [-0.1, -0.05) is 24.0 Å². The Morgan fingerprint density at radius 2 is 1.66 bits per heavy atom. The van der Waals surface area contributed by atoms with E-state index in [9.17, 15) is 4.79 Å². The van der Waals surface area contributed by atoms with Crippen LogP contribution in [-0.2, 0) is 16.0 Å². The number of hydrogen-bond donors (Lipinski definition) is 1. The van der Waals surface area contributed by atoms with Gasteiger partial charge >= 0.3 is 0 Å². The lowest BCUT2D eigenvalue weighted by Crippen LogP contribution is -2.31. The van der Waals surface area contributed by atoms with Crippen LogP contribution in [0.4, 0.5) is 0 Å². The van der Waals surface area contributed by atoms with Gasteiger partial charge in [0, 0.05) is 37.3 Å². The average molecular weight is 392 g/mol. The van der Waals surface area contributed by atoms with Crippen LogP contribution >= 0.6 is 0 Å². The molecule has 152 valence electrons. The Balaban J connectivity index is 1.50. The van der Waals surface area contributed by atoms with Gasteiger partial charge in [-0.25, -0.2) is 0 Å². The van der Waals surface area contributed by atoms with Crippen LogP contribution in [0.3, 0.4) is 0 Å². The highest BCUT2D eigenvalue weighted by atomic mass is 16.5. The molecule has 1 unspecified atom stereocenters. The third-order valence-electron chi connectivity index (χ3n) is 4.98. The van der Waals surface area contributed by atoms with E-state index in [1.54, 1.807) is 6.92 Å². The number of amides is 1. The molecule has 29 heavy (non-hydrogen) atoms. The van der Waals surface area contributed by atoms with Crippen LogP contribution in [0.5, 0.6) is 5.75 Å². The van der Waals surface area contributed by atoms with Gasteiger partial charge in [-0.2, -0.15) is 0 Å². The number of carbonyl (C=O) groups is 1. The molecular weight excluding hydrogens is 362 g/mol. The van der Waals surface area contributed by atoms with Crippen molar-refractivity contribution >= 4 is 5.91 Å². The van der Waals surface area contributed by atoms with Crippen LogP contribution in [0.2, 0.25) is 0 Å². The highest BCUT2D eigenvalue weighted by Crippen LogP contribution is 2.18. The van der Waals surface area contributed by atoms with Crippen molar-refractivity contribution in [2.45, 2.75) is 39.2 Å². The third kappa shape index (κ3) is 7.29. The maximum atomic E-state index is 11.1. The number of benzene rings is 2. The molecule has 1 fully saturated rings. The molecule has 0 spiro atoms. The molecule has 1 N–H and O–H groups in total. The van der Waals surface area contributed by atoms with E-state index in [1.165, 1.54) is 5.56 Å². The van der Waals surface area contributed by atoms with E-state index >= 15 is 0 Å². The van der Waals surface area contributed by atoms with E-state index in [-0.39, 0.29) is 11.9 Å². The zero-order valence-corrected chi connectivity index (χ0v) is 17.2. The first-order valence-corrected chi connectivity index (χ1v) is 10.3. The molecule has 1 heterocycles. The number of ether oxygens (including phenoxy) is 2. The molecule has 1 aliphatic heterocycles. The Labute approximate surface area is 173 Å². The molecule has 4 nitrogen and oxygen atoms in total. The van der Waals surface area contributed by atoms with Crippen molar-refractivity contribution in [1.29, 1.82) is 0 Å². The molecule has 1 aliphatic rings. The van der Waals surface area contributed by atoms with E-state index in [1.807, 2.05) is 43.3 Å². The van der Waals surface area contributed by atoms with Gasteiger partial charge in [-0.05, 0) is 74.1 Å². The SMILES string of the molecule is CC(=O)NC(C)Cc1ccc(C#Cc2ccc(OCC3CCOCC3)cc2)cc1. The van der Waals surface area contributed by atoms with Gasteiger partial charge in [0.1, 0.15) is 5.75 Å². The van der Waals surface area contributed by atoms with Crippen molar-refractivity contribution in [1.82, 2.24) is 5.32 Å². The van der Waals surface area contributed by atoms with Crippen LogP contribution in [0.25, 0.3) is 0 Å². The third-order valence-corrected chi connectivity index (χ3v) is 4.98. The van der Waals surface area contributed by atoms with Crippen LogP contribution in [-0.4, -0.2) is 31.8 Å². The van der Waals surface area contributed by atoms with Gasteiger partial charge in [0.25, 0.3) is 0 Å². The summed E-state index contributed by atoms with van der Waals surface area (Å²) in [6, 6.07) is 16.3. The minimum absolute atomic E-state index is 0.00000760. The normalized spacial score (nSPS) is 15.1. The highest BCUT2D eigenvalue weighted by Gasteiger charge is 2.14. The van der Waals surface area contributed by atoms with E-state index < -0.39 is 0 Å². The number of nitrogens with one attached hydrogen (secondary N) is 1. The number of carbonyl (C=O) groups excluding carboxylic acids is 1. The van der Waals surface area contributed by atoms with Gasteiger partial charge < -0.3 is 14.8 Å². The first-order valence-electron chi connectivity index (χ1n) is 10.3. The zero-order chi connectivity index (χ0) is 20.5. The Kier molecular flexibility index (Phi) is 7.72. The van der Waals surface area contributed by atoms with Crippen molar-refractivity contribution in [2.24, 2.45) is 5.92 Å². The zero-order valence-electron chi connectivity index (χ0n) is 17.2. The van der Waals surface area contributed by atoms with Crippen molar-refractivity contribution in [3.05, 3.63) is 65.2 Å². The van der Waals surface area contributed by atoms with E-state index in [0.29, 0.717) is 5.92 Å². The van der Waals surface area contributed by atoms with E-state index in [0.717, 1.165) is 56.0 Å².